The Balaban J connectivity index is 3.01. The standard InChI is InChI=1S/C10H13BrN2O4S/c1-3-16-8(14)5(11)6-7(9(15)17-4-2)18-10(12)13-6/h5H,3-4H2,1-2H3,(H2,12,13)/p+1. The summed E-state index contributed by atoms with van der Waals surface area (Å²) in [4.78, 5) is 25.6. The number of rotatable bonds is 5. The first-order valence-corrected chi connectivity index (χ1v) is 7.03. The summed E-state index contributed by atoms with van der Waals surface area (Å²) >= 11 is 4.21. The highest BCUT2D eigenvalue weighted by molar-refractivity contribution is 9.09. The number of nitrogen functional groups attached to an aromatic ring is 1. The topological polar surface area (TPSA) is 92.8 Å². The molecule has 0 bridgehead atoms. The minimum Gasteiger partial charge on any atom is -0.465 e. The van der Waals surface area contributed by atoms with Crippen LogP contribution in [0.1, 0.15) is 34.0 Å². The van der Waals surface area contributed by atoms with E-state index < -0.39 is 16.8 Å². The van der Waals surface area contributed by atoms with Gasteiger partial charge in [-0.3, -0.25) is 10.5 Å². The monoisotopic (exact) mass is 337 g/mol. The highest BCUT2D eigenvalue weighted by Gasteiger charge is 2.31. The number of hydrogen-bond acceptors (Lipinski definition) is 6. The van der Waals surface area contributed by atoms with Gasteiger partial charge in [-0.2, -0.15) is 0 Å². The van der Waals surface area contributed by atoms with Crippen LogP contribution in [0, 0.1) is 0 Å². The molecule has 1 heterocycles. The van der Waals surface area contributed by atoms with Crippen molar-refractivity contribution in [3.05, 3.63) is 10.6 Å². The van der Waals surface area contributed by atoms with Crippen LogP contribution in [-0.2, 0) is 14.3 Å². The van der Waals surface area contributed by atoms with Gasteiger partial charge < -0.3 is 9.47 Å². The Labute approximate surface area is 117 Å². The number of anilines is 1. The van der Waals surface area contributed by atoms with Gasteiger partial charge in [0.1, 0.15) is 0 Å². The minimum atomic E-state index is -0.773. The first-order valence-electron chi connectivity index (χ1n) is 5.30. The van der Waals surface area contributed by atoms with Crippen LogP contribution >= 0.6 is 27.3 Å². The second kappa shape index (κ2) is 6.69. The largest absolute Gasteiger partial charge is 0.465 e. The van der Waals surface area contributed by atoms with Gasteiger partial charge in [0.15, 0.2) is 15.4 Å². The van der Waals surface area contributed by atoms with Gasteiger partial charge in [-0.1, -0.05) is 15.9 Å². The van der Waals surface area contributed by atoms with Crippen molar-refractivity contribution in [3.63, 3.8) is 0 Å². The van der Waals surface area contributed by atoms with E-state index in [4.69, 9.17) is 15.2 Å². The molecule has 0 aromatic carbocycles. The maximum absolute atomic E-state index is 11.7. The van der Waals surface area contributed by atoms with Crippen LogP contribution in [0.25, 0.3) is 0 Å². The molecule has 8 heteroatoms. The van der Waals surface area contributed by atoms with Crippen molar-refractivity contribution in [2.24, 2.45) is 0 Å². The smallest absolute Gasteiger partial charge is 0.352 e. The third kappa shape index (κ3) is 3.42. The molecule has 6 nitrogen and oxygen atoms in total. The summed E-state index contributed by atoms with van der Waals surface area (Å²) in [7, 11) is 0. The minimum absolute atomic E-state index is 0.252. The van der Waals surface area contributed by atoms with Gasteiger partial charge >= 0.3 is 17.1 Å². The first-order chi connectivity index (χ1) is 8.51. The Bertz CT molecular complexity index is 449. The number of carbonyl (C=O) groups excluding carboxylic acids is 2. The van der Waals surface area contributed by atoms with Crippen LogP contribution in [0.2, 0.25) is 0 Å². The van der Waals surface area contributed by atoms with E-state index in [2.05, 4.69) is 20.9 Å². The molecule has 1 unspecified atom stereocenters. The van der Waals surface area contributed by atoms with Crippen molar-refractivity contribution in [3.8, 4) is 0 Å². The molecule has 0 radical (unpaired) electrons. The van der Waals surface area contributed by atoms with Crippen LogP contribution in [-0.4, -0.2) is 25.2 Å². The molecular weight excluding hydrogens is 324 g/mol. The third-order valence-corrected chi connectivity index (χ3v) is 3.67. The first kappa shape index (κ1) is 14.9. The number of H-pyrrole nitrogens is 1. The van der Waals surface area contributed by atoms with Gasteiger partial charge in [0.05, 0.1) is 13.2 Å². The molecule has 1 aromatic rings. The number of aromatic amines is 1. The van der Waals surface area contributed by atoms with E-state index >= 15 is 0 Å². The van der Waals surface area contributed by atoms with E-state index in [1.165, 1.54) is 0 Å². The van der Waals surface area contributed by atoms with Crippen LogP contribution in [0.5, 0.6) is 0 Å². The lowest BCUT2D eigenvalue weighted by Gasteiger charge is -2.06. The van der Waals surface area contributed by atoms with Gasteiger partial charge in [0.2, 0.25) is 0 Å². The van der Waals surface area contributed by atoms with Gasteiger partial charge in [0.25, 0.3) is 0 Å². The number of alkyl halides is 1. The Morgan fingerprint density at radius 2 is 2.00 bits per heavy atom. The number of halogens is 1. The summed E-state index contributed by atoms with van der Waals surface area (Å²) in [6, 6.07) is 0. The summed E-state index contributed by atoms with van der Waals surface area (Å²) in [6.45, 7) is 3.92. The Hall–Kier alpha value is -1.15. The summed E-state index contributed by atoms with van der Waals surface area (Å²) in [6.07, 6.45) is 0. The average molecular weight is 338 g/mol. The number of nitrogens with two attached hydrogens (primary N) is 1. The molecule has 0 aliphatic rings. The number of aromatic nitrogens is 1. The van der Waals surface area contributed by atoms with Crippen molar-refractivity contribution < 1.29 is 24.0 Å². The van der Waals surface area contributed by atoms with Gasteiger partial charge in [-0.15, -0.1) is 0 Å². The van der Waals surface area contributed by atoms with E-state index in [0.717, 1.165) is 11.3 Å². The van der Waals surface area contributed by atoms with Crippen LogP contribution in [0.15, 0.2) is 0 Å². The molecule has 1 rings (SSSR count). The lowest BCUT2D eigenvalue weighted by molar-refractivity contribution is -0.366. The summed E-state index contributed by atoms with van der Waals surface area (Å²) in [5.41, 5.74) is 5.96. The highest BCUT2D eigenvalue weighted by atomic mass is 79.9. The fraction of sp³-hybridized carbons (Fsp3) is 0.500. The van der Waals surface area contributed by atoms with E-state index in [1.807, 2.05) is 0 Å². The quantitative estimate of drug-likeness (QED) is 0.646. The number of ether oxygens (including phenoxy) is 2. The second-order valence-corrected chi connectivity index (χ2v) is 5.14. The molecule has 0 aliphatic heterocycles. The van der Waals surface area contributed by atoms with Crippen molar-refractivity contribution >= 4 is 44.3 Å². The number of hydrogen-bond donors (Lipinski definition) is 1. The Kier molecular flexibility index (Phi) is 5.54. The van der Waals surface area contributed by atoms with E-state index in [1.54, 1.807) is 13.8 Å². The zero-order valence-electron chi connectivity index (χ0n) is 9.99. The molecule has 0 saturated heterocycles. The molecule has 0 amide bonds. The molecular formula is C10H14BrN2O4S+. The molecule has 0 spiro atoms. The number of carbonyl (C=O) groups is 2. The summed E-state index contributed by atoms with van der Waals surface area (Å²) in [5, 5.41) is 0.321. The maximum atomic E-state index is 11.7. The lowest BCUT2D eigenvalue weighted by atomic mass is 10.2. The molecule has 0 aliphatic carbocycles. The fourth-order valence-electron chi connectivity index (χ4n) is 1.24. The zero-order valence-corrected chi connectivity index (χ0v) is 12.4. The van der Waals surface area contributed by atoms with Crippen molar-refractivity contribution in [1.82, 2.24) is 0 Å². The van der Waals surface area contributed by atoms with E-state index in [0.29, 0.717) is 10.8 Å². The predicted octanol–water partition coefficient (Wildman–Crippen LogP) is 1.32. The maximum Gasteiger partial charge on any atom is 0.352 e. The molecule has 100 valence electrons. The summed E-state index contributed by atoms with van der Waals surface area (Å²) < 4.78 is 9.76. The van der Waals surface area contributed by atoms with Crippen LogP contribution in [0.4, 0.5) is 5.13 Å². The molecule has 0 saturated carbocycles. The molecule has 3 N–H and O–H groups in total. The fourth-order valence-corrected chi connectivity index (χ4v) is 2.67. The van der Waals surface area contributed by atoms with Crippen molar-refractivity contribution in [2.75, 3.05) is 18.9 Å². The molecule has 1 aromatic heterocycles. The predicted molar refractivity (Wildman–Crippen MR) is 69.5 cm³/mol. The van der Waals surface area contributed by atoms with Crippen LogP contribution in [0.3, 0.4) is 0 Å². The van der Waals surface area contributed by atoms with E-state index in [-0.39, 0.29) is 18.1 Å². The molecule has 1 atom stereocenters. The van der Waals surface area contributed by atoms with Gasteiger partial charge in [0, 0.05) is 0 Å². The van der Waals surface area contributed by atoms with Crippen molar-refractivity contribution in [1.29, 1.82) is 0 Å². The number of thiazole rings is 1. The Morgan fingerprint density at radius 3 is 2.56 bits per heavy atom. The number of esters is 2. The second-order valence-electron chi connectivity index (χ2n) is 3.17. The normalized spacial score (nSPS) is 11.9. The average Bonchev–Trinajstić information content (AvgIpc) is 2.71. The lowest BCUT2D eigenvalue weighted by Crippen LogP contribution is -2.21. The number of nitrogens with one attached hydrogen (secondary N) is 1. The summed E-state index contributed by atoms with van der Waals surface area (Å²) in [5.74, 6) is -1.00. The Morgan fingerprint density at radius 1 is 1.39 bits per heavy atom. The molecule has 18 heavy (non-hydrogen) atoms. The van der Waals surface area contributed by atoms with E-state index in [9.17, 15) is 9.59 Å². The van der Waals surface area contributed by atoms with Gasteiger partial charge in [-0.25, -0.2) is 9.78 Å². The molecule has 0 fully saturated rings. The third-order valence-electron chi connectivity index (χ3n) is 1.92. The SMILES string of the molecule is CCOC(=O)c1sc(N)[nH+]c1C(Br)C(=O)OCC. The highest BCUT2D eigenvalue weighted by Crippen LogP contribution is 2.29. The van der Waals surface area contributed by atoms with Gasteiger partial charge in [-0.05, 0) is 25.2 Å². The van der Waals surface area contributed by atoms with Crippen molar-refractivity contribution in [2.45, 2.75) is 18.7 Å². The zero-order chi connectivity index (χ0) is 13.7. The van der Waals surface area contributed by atoms with Crippen LogP contribution < -0.4 is 10.7 Å².